The monoisotopic (exact) mass is 117 g/mol. The van der Waals surface area contributed by atoms with E-state index in [1.54, 1.807) is 0 Å². The third-order valence-electron chi connectivity index (χ3n) is 1.48. The maximum atomic E-state index is 3.19. The molecular weight excluding hydrogens is 110 g/mol. The number of hydrogen-bond acceptors (Lipinski definition) is 1. The van der Waals surface area contributed by atoms with Gasteiger partial charge in [-0.05, 0) is 11.6 Å². The van der Waals surface area contributed by atoms with Crippen molar-refractivity contribution in [3.05, 3.63) is 36.2 Å². The SMILES string of the molecule is [C]1CNc2ccccc21. The van der Waals surface area contributed by atoms with Crippen molar-refractivity contribution in [1.29, 1.82) is 0 Å². The lowest BCUT2D eigenvalue weighted by Gasteiger charge is -1.94. The molecule has 44 valence electrons. The molecule has 0 bridgehead atoms. The van der Waals surface area contributed by atoms with Gasteiger partial charge in [0.15, 0.2) is 0 Å². The molecule has 1 aromatic rings. The van der Waals surface area contributed by atoms with Gasteiger partial charge in [0, 0.05) is 18.7 Å². The Morgan fingerprint density at radius 3 is 3.11 bits per heavy atom. The molecule has 0 saturated carbocycles. The molecule has 0 fully saturated rings. The van der Waals surface area contributed by atoms with Gasteiger partial charge in [0.1, 0.15) is 0 Å². The van der Waals surface area contributed by atoms with E-state index in [-0.39, 0.29) is 0 Å². The van der Waals surface area contributed by atoms with E-state index in [2.05, 4.69) is 23.9 Å². The van der Waals surface area contributed by atoms with Gasteiger partial charge >= 0.3 is 0 Å². The second-order valence-electron chi connectivity index (χ2n) is 2.08. The van der Waals surface area contributed by atoms with Crippen LogP contribution in [0, 0.1) is 6.42 Å². The van der Waals surface area contributed by atoms with Crippen LogP contribution in [0.4, 0.5) is 5.69 Å². The molecule has 0 unspecified atom stereocenters. The lowest BCUT2D eigenvalue weighted by Crippen LogP contribution is -1.89. The molecule has 1 aromatic carbocycles. The summed E-state index contributed by atoms with van der Waals surface area (Å²) < 4.78 is 0. The van der Waals surface area contributed by atoms with Crippen molar-refractivity contribution in [1.82, 2.24) is 0 Å². The molecule has 1 heterocycles. The zero-order valence-corrected chi connectivity index (χ0v) is 5.02. The van der Waals surface area contributed by atoms with Crippen LogP contribution in [0.3, 0.4) is 0 Å². The first-order chi connectivity index (χ1) is 4.47. The number of rotatable bonds is 0. The molecule has 0 saturated heterocycles. The average Bonchev–Trinajstić information content (AvgIpc) is 2.33. The Morgan fingerprint density at radius 2 is 2.22 bits per heavy atom. The Kier molecular flexibility index (Phi) is 0.950. The molecule has 9 heavy (non-hydrogen) atoms. The van der Waals surface area contributed by atoms with Crippen molar-refractivity contribution in [3.63, 3.8) is 0 Å². The van der Waals surface area contributed by atoms with E-state index in [1.807, 2.05) is 12.1 Å². The van der Waals surface area contributed by atoms with Crippen molar-refractivity contribution in [2.24, 2.45) is 0 Å². The van der Waals surface area contributed by atoms with E-state index in [0.29, 0.717) is 0 Å². The molecule has 0 aromatic heterocycles. The molecule has 0 amide bonds. The van der Waals surface area contributed by atoms with Gasteiger partial charge in [-0.3, -0.25) is 0 Å². The maximum absolute atomic E-state index is 3.19. The molecule has 2 radical (unpaired) electrons. The van der Waals surface area contributed by atoms with Crippen molar-refractivity contribution < 1.29 is 0 Å². The molecule has 1 heteroatoms. The average molecular weight is 117 g/mol. The first-order valence-electron chi connectivity index (χ1n) is 3.03. The Morgan fingerprint density at radius 1 is 1.33 bits per heavy atom. The van der Waals surface area contributed by atoms with Crippen LogP contribution in [-0.2, 0) is 0 Å². The van der Waals surface area contributed by atoms with Gasteiger partial charge in [-0.25, -0.2) is 0 Å². The zero-order chi connectivity index (χ0) is 6.10. The second-order valence-corrected chi connectivity index (χ2v) is 2.08. The van der Waals surface area contributed by atoms with E-state index in [9.17, 15) is 0 Å². The van der Waals surface area contributed by atoms with Crippen LogP contribution < -0.4 is 5.32 Å². The van der Waals surface area contributed by atoms with E-state index >= 15 is 0 Å². The molecule has 2 rings (SSSR count). The number of hydrogen-bond donors (Lipinski definition) is 1. The fourth-order valence-corrected chi connectivity index (χ4v) is 1.03. The summed E-state index contributed by atoms with van der Waals surface area (Å²) in [6.45, 7) is 0.860. The molecule has 1 nitrogen and oxygen atoms in total. The van der Waals surface area contributed by atoms with Gasteiger partial charge in [0.2, 0.25) is 0 Å². The lowest BCUT2D eigenvalue weighted by atomic mass is 10.2. The standard InChI is InChI=1S/C8H7N/c1-2-4-8-7(3-1)5-6-9-8/h1-4,9H,6H2. The minimum atomic E-state index is 0.860. The number of fused-ring (bicyclic) bond motifs is 1. The topological polar surface area (TPSA) is 12.0 Å². The molecule has 1 N–H and O–H groups in total. The fourth-order valence-electron chi connectivity index (χ4n) is 1.03. The third-order valence-corrected chi connectivity index (χ3v) is 1.48. The molecular formula is C8H7N. The van der Waals surface area contributed by atoms with Crippen LogP contribution >= 0.6 is 0 Å². The second kappa shape index (κ2) is 1.76. The summed E-state index contributed by atoms with van der Waals surface area (Å²) in [4.78, 5) is 0. The van der Waals surface area contributed by atoms with Gasteiger partial charge in [-0.15, -0.1) is 0 Å². The van der Waals surface area contributed by atoms with Crippen molar-refractivity contribution in [2.45, 2.75) is 0 Å². The Balaban J connectivity index is 2.54. The summed E-state index contributed by atoms with van der Waals surface area (Å²) in [6.07, 6.45) is 3.19. The summed E-state index contributed by atoms with van der Waals surface area (Å²) in [5, 5.41) is 3.19. The van der Waals surface area contributed by atoms with Crippen molar-refractivity contribution in [2.75, 3.05) is 11.9 Å². The molecule has 0 spiro atoms. The number of para-hydroxylation sites is 1. The Hall–Kier alpha value is -0.980. The van der Waals surface area contributed by atoms with Crippen LogP contribution in [0.15, 0.2) is 24.3 Å². The Labute approximate surface area is 54.7 Å². The molecule has 0 aliphatic carbocycles. The minimum absolute atomic E-state index is 0.860. The van der Waals surface area contributed by atoms with Gasteiger partial charge in [-0.2, -0.15) is 0 Å². The summed E-state index contributed by atoms with van der Waals surface area (Å²) >= 11 is 0. The van der Waals surface area contributed by atoms with E-state index < -0.39 is 0 Å². The fraction of sp³-hybridized carbons (Fsp3) is 0.125. The quantitative estimate of drug-likeness (QED) is 0.543. The van der Waals surface area contributed by atoms with Crippen molar-refractivity contribution >= 4 is 5.69 Å². The molecule has 1 aliphatic rings. The molecule has 1 aliphatic heterocycles. The summed E-state index contributed by atoms with van der Waals surface area (Å²) in [5.41, 5.74) is 2.41. The van der Waals surface area contributed by atoms with Gasteiger partial charge in [0.05, 0.1) is 0 Å². The van der Waals surface area contributed by atoms with Crippen LogP contribution in [0.5, 0.6) is 0 Å². The van der Waals surface area contributed by atoms with Crippen LogP contribution in [0.2, 0.25) is 0 Å². The maximum Gasteiger partial charge on any atom is 0.0394 e. The lowest BCUT2D eigenvalue weighted by molar-refractivity contribution is 1.35. The number of benzene rings is 1. The van der Waals surface area contributed by atoms with E-state index in [0.717, 1.165) is 6.54 Å². The summed E-state index contributed by atoms with van der Waals surface area (Å²) in [7, 11) is 0. The number of anilines is 1. The highest BCUT2D eigenvalue weighted by atomic mass is 14.9. The first-order valence-corrected chi connectivity index (χ1v) is 3.03. The predicted molar refractivity (Wildman–Crippen MR) is 37.3 cm³/mol. The highest BCUT2D eigenvalue weighted by Gasteiger charge is 2.06. The van der Waals surface area contributed by atoms with Gasteiger partial charge in [0.25, 0.3) is 0 Å². The van der Waals surface area contributed by atoms with Gasteiger partial charge < -0.3 is 5.32 Å². The van der Waals surface area contributed by atoms with Gasteiger partial charge in [-0.1, -0.05) is 18.2 Å². The summed E-state index contributed by atoms with van der Waals surface area (Å²) in [6, 6.07) is 8.18. The smallest absolute Gasteiger partial charge is 0.0394 e. The minimum Gasteiger partial charge on any atom is -0.384 e. The highest BCUT2D eigenvalue weighted by molar-refractivity contribution is 5.59. The van der Waals surface area contributed by atoms with Crippen LogP contribution in [-0.4, -0.2) is 6.54 Å². The predicted octanol–water partition coefficient (Wildman–Crippen LogP) is 1.54. The zero-order valence-electron chi connectivity index (χ0n) is 5.02. The largest absolute Gasteiger partial charge is 0.384 e. The van der Waals surface area contributed by atoms with E-state index in [1.165, 1.54) is 11.3 Å². The number of nitrogens with one attached hydrogen (secondary N) is 1. The van der Waals surface area contributed by atoms with Crippen molar-refractivity contribution in [3.8, 4) is 0 Å². The molecule has 0 atom stereocenters. The third kappa shape index (κ3) is 0.689. The Bertz CT molecular complexity index is 195. The van der Waals surface area contributed by atoms with Crippen LogP contribution in [0.1, 0.15) is 5.56 Å². The summed E-state index contributed by atoms with van der Waals surface area (Å²) in [5.74, 6) is 0. The van der Waals surface area contributed by atoms with Crippen LogP contribution in [0.25, 0.3) is 0 Å². The first kappa shape index (κ1) is 4.86. The van der Waals surface area contributed by atoms with E-state index in [4.69, 9.17) is 0 Å². The highest BCUT2D eigenvalue weighted by Crippen LogP contribution is 2.21. The normalized spacial score (nSPS) is 14.7.